The predicted octanol–water partition coefficient (Wildman–Crippen LogP) is 1.09. The summed E-state index contributed by atoms with van der Waals surface area (Å²) in [5.41, 5.74) is -1.95. The van der Waals surface area contributed by atoms with Crippen LogP contribution in [-0.4, -0.2) is 31.5 Å². The molecule has 3 rings (SSSR count). The van der Waals surface area contributed by atoms with Crippen LogP contribution in [0, 0.1) is 10.1 Å². The molecule has 1 amide bonds. The van der Waals surface area contributed by atoms with E-state index in [-0.39, 0.29) is 22.3 Å². The summed E-state index contributed by atoms with van der Waals surface area (Å²) in [6.07, 6.45) is -2.40. The first-order valence-corrected chi connectivity index (χ1v) is 7.53. The summed E-state index contributed by atoms with van der Waals surface area (Å²) in [5, 5.41) is 13.1. The van der Waals surface area contributed by atoms with E-state index in [0.29, 0.717) is 0 Å². The number of nitro benzene ring substituents is 1. The molecule has 13 heteroatoms. The number of hydrogen-bond acceptors (Lipinski definition) is 5. The van der Waals surface area contributed by atoms with Crippen LogP contribution in [0.1, 0.15) is 5.56 Å². The van der Waals surface area contributed by atoms with Crippen molar-refractivity contribution in [2.24, 2.45) is 0 Å². The van der Waals surface area contributed by atoms with Crippen LogP contribution in [0.15, 0.2) is 40.2 Å². The van der Waals surface area contributed by atoms with Gasteiger partial charge < -0.3 is 19.9 Å². The number of hydrogen-bond donors (Lipinski definition) is 3. The van der Waals surface area contributed by atoms with Gasteiger partial charge in [-0.1, -0.05) is 0 Å². The van der Waals surface area contributed by atoms with Gasteiger partial charge in [-0.05, 0) is 17.7 Å². The molecule has 0 aliphatic carbocycles. The zero-order valence-electron chi connectivity index (χ0n) is 13.7. The normalized spacial score (nSPS) is 11.5. The number of aromatic nitrogens is 3. The number of nitrogens with one attached hydrogen (secondary N) is 3. The number of aromatic amines is 2. The van der Waals surface area contributed by atoms with Gasteiger partial charge >= 0.3 is 23.2 Å². The predicted molar refractivity (Wildman–Crippen MR) is 89.1 cm³/mol. The number of halogens is 3. The van der Waals surface area contributed by atoms with Gasteiger partial charge in [0.15, 0.2) is 0 Å². The lowest BCUT2D eigenvalue weighted by Crippen LogP contribution is -2.36. The number of carbonyl (C=O) groups excluding carboxylic acids is 1. The lowest BCUT2D eigenvalue weighted by molar-refractivity contribution is -0.384. The maximum Gasteiger partial charge on any atom is 0.471 e. The van der Waals surface area contributed by atoms with Crippen molar-refractivity contribution in [1.29, 1.82) is 0 Å². The van der Waals surface area contributed by atoms with E-state index >= 15 is 0 Å². The first kappa shape index (κ1) is 18.9. The molecule has 0 aliphatic heterocycles. The molecule has 0 fully saturated rings. The number of amides is 1. The van der Waals surface area contributed by atoms with Gasteiger partial charge in [0.2, 0.25) is 0 Å². The average Bonchev–Trinajstić information content (AvgIpc) is 3.07. The maximum atomic E-state index is 12.2. The van der Waals surface area contributed by atoms with E-state index in [4.69, 9.17) is 0 Å². The standard InChI is InChI=1S/C15H10F3N5O5/c16-15(17,18)14(26)19-5-7-1-2-22(6-7)10-3-8-9(4-11(10)23(27)28)21-13(25)12(24)20-8/h1-4,6H,5H2,(H,19,26)(H,20,24)(H,21,25). The number of nitrogens with zero attached hydrogens (tertiary/aromatic N) is 2. The number of H-pyrrole nitrogens is 2. The Labute approximate surface area is 151 Å². The molecule has 3 N–H and O–H groups in total. The minimum Gasteiger partial charge on any atom is -0.344 e. The van der Waals surface area contributed by atoms with Gasteiger partial charge in [0.25, 0.3) is 5.69 Å². The lowest BCUT2D eigenvalue weighted by Gasteiger charge is -2.07. The average molecular weight is 397 g/mol. The summed E-state index contributed by atoms with van der Waals surface area (Å²) in [6.45, 7) is -0.448. The first-order valence-electron chi connectivity index (χ1n) is 7.53. The van der Waals surface area contributed by atoms with E-state index in [0.717, 1.165) is 6.07 Å². The van der Waals surface area contributed by atoms with E-state index in [2.05, 4.69) is 9.97 Å². The molecule has 28 heavy (non-hydrogen) atoms. The maximum absolute atomic E-state index is 12.2. The molecule has 0 bridgehead atoms. The minimum atomic E-state index is -5.03. The lowest BCUT2D eigenvalue weighted by atomic mass is 10.2. The number of benzene rings is 1. The number of nitro groups is 1. The van der Waals surface area contributed by atoms with Crippen molar-refractivity contribution in [3.63, 3.8) is 0 Å². The third kappa shape index (κ3) is 3.62. The highest BCUT2D eigenvalue weighted by Gasteiger charge is 2.38. The fourth-order valence-corrected chi connectivity index (χ4v) is 2.47. The molecule has 0 atom stereocenters. The van der Waals surface area contributed by atoms with Crippen LogP contribution in [0.25, 0.3) is 16.7 Å². The molecular formula is C15H10F3N5O5. The fourth-order valence-electron chi connectivity index (χ4n) is 2.47. The number of rotatable bonds is 4. The van der Waals surface area contributed by atoms with Crippen molar-refractivity contribution in [1.82, 2.24) is 19.9 Å². The van der Waals surface area contributed by atoms with E-state index in [9.17, 15) is 37.7 Å². The quantitative estimate of drug-likeness (QED) is 0.343. The van der Waals surface area contributed by atoms with Gasteiger partial charge in [-0.2, -0.15) is 13.2 Å². The summed E-state index contributed by atoms with van der Waals surface area (Å²) in [7, 11) is 0. The molecule has 1 aromatic carbocycles. The second-order valence-electron chi connectivity index (χ2n) is 5.66. The Morgan fingerprint density at radius 2 is 1.79 bits per heavy atom. The Kier molecular flexibility index (Phi) is 4.50. The van der Waals surface area contributed by atoms with Crippen molar-refractivity contribution in [2.45, 2.75) is 12.7 Å². The second kappa shape index (κ2) is 6.68. The Morgan fingerprint density at radius 3 is 2.36 bits per heavy atom. The molecule has 2 heterocycles. The smallest absolute Gasteiger partial charge is 0.344 e. The van der Waals surface area contributed by atoms with Gasteiger partial charge in [0.1, 0.15) is 5.69 Å². The molecule has 0 saturated carbocycles. The molecule has 2 aromatic heterocycles. The molecular weight excluding hydrogens is 387 g/mol. The second-order valence-corrected chi connectivity index (χ2v) is 5.66. The number of fused-ring (bicyclic) bond motifs is 1. The Morgan fingerprint density at radius 1 is 1.18 bits per heavy atom. The minimum absolute atomic E-state index is 0.00593. The molecule has 0 saturated heterocycles. The number of carbonyl (C=O) groups is 1. The molecule has 0 unspecified atom stereocenters. The van der Waals surface area contributed by atoms with Crippen LogP contribution in [-0.2, 0) is 11.3 Å². The summed E-state index contributed by atoms with van der Waals surface area (Å²) < 4.78 is 37.9. The zero-order valence-corrected chi connectivity index (χ0v) is 13.7. The molecule has 146 valence electrons. The third-order valence-electron chi connectivity index (χ3n) is 3.76. The van der Waals surface area contributed by atoms with Crippen molar-refractivity contribution in [3.8, 4) is 5.69 Å². The van der Waals surface area contributed by atoms with Crippen LogP contribution in [0.3, 0.4) is 0 Å². The van der Waals surface area contributed by atoms with E-state index in [1.54, 1.807) is 5.32 Å². The van der Waals surface area contributed by atoms with Gasteiger partial charge in [-0.3, -0.25) is 24.5 Å². The summed E-state index contributed by atoms with van der Waals surface area (Å²) in [6, 6.07) is 3.65. The number of alkyl halides is 3. The van der Waals surface area contributed by atoms with Gasteiger partial charge in [-0.15, -0.1) is 0 Å². The molecule has 10 nitrogen and oxygen atoms in total. The highest BCUT2D eigenvalue weighted by molar-refractivity contribution is 5.82. The summed E-state index contributed by atoms with van der Waals surface area (Å²) in [4.78, 5) is 48.9. The van der Waals surface area contributed by atoms with Gasteiger partial charge in [-0.25, -0.2) is 0 Å². The van der Waals surface area contributed by atoms with E-state index in [1.165, 1.54) is 29.1 Å². The van der Waals surface area contributed by atoms with Crippen LogP contribution in [0.2, 0.25) is 0 Å². The molecule has 0 aliphatic rings. The highest BCUT2D eigenvalue weighted by atomic mass is 19.4. The topological polar surface area (TPSA) is 143 Å². The SMILES string of the molecule is O=C(NCc1ccn(-c2cc3[nH]c(=O)c(=O)[nH]c3cc2[N+](=O)[O-])c1)C(F)(F)F. The Balaban J connectivity index is 2.00. The molecule has 0 radical (unpaired) electrons. The summed E-state index contributed by atoms with van der Waals surface area (Å²) in [5.74, 6) is -2.11. The third-order valence-corrected chi connectivity index (χ3v) is 3.76. The van der Waals surface area contributed by atoms with E-state index in [1.807, 2.05) is 0 Å². The summed E-state index contributed by atoms with van der Waals surface area (Å²) >= 11 is 0. The Hall–Kier alpha value is -3.90. The van der Waals surface area contributed by atoms with Crippen molar-refractivity contribution in [2.75, 3.05) is 0 Å². The fraction of sp³-hybridized carbons (Fsp3) is 0.133. The molecule has 3 aromatic rings. The van der Waals surface area contributed by atoms with Crippen LogP contribution in [0.5, 0.6) is 0 Å². The molecule has 0 spiro atoms. The van der Waals surface area contributed by atoms with Crippen LogP contribution in [0.4, 0.5) is 18.9 Å². The van der Waals surface area contributed by atoms with Crippen molar-refractivity contribution >= 4 is 22.6 Å². The van der Waals surface area contributed by atoms with Crippen molar-refractivity contribution in [3.05, 3.63) is 67.0 Å². The monoisotopic (exact) mass is 397 g/mol. The highest BCUT2D eigenvalue weighted by Crippen LogP contribution is 2.27. The van der Waals surface area contributed by atoms with Crippen molar-refractivity contribution < 1.29 is 22.9 Å². The van der Waals surface area contributed by atoms with Crippen LogP contribution < -0.4 is 16.4 Å². The largest absolute Gasteiger partial charge is 0.471 e. The van der Waals surface area contributed by atoms with Gasteiger partial charge in [0, 0.05) is 25.0 Å². The zero-order chi connectivity index (χ0) is 20.6. The van der Waals surface area contributed by atoms with E-state index < -0.39 is 40.4 Å². The first-order chi connectivity index (χ1) is 13.1. The van der Waals surface area contributed by atoms with Crippen LogP contribution >= 0.6 is 0 Å². The Bertz CT molecular complexity index is 1210. The van der Waals surface area contributed by atoms with Gasteiger partial charge in [0.05, 0.1) is 16.0 Å².